The van der Waals surface area contributed by atoms with Gasteiger partial charge in [-0.3, -0.25) is 14.4 Å². The Balaban J connectivity index is 4.28. The van der Waals surface area contributed by atoms with E-state index < -0.39 is 6.10 Å². The molecule has 0 aromatic rings. The second-order valence-corrected chi connectivity index (χ2v) is 18.6. The molecule has 0 fully saturated rings. The van der Waals surface area contributed by atoms with Crippen LogP contribution in [0.1, 0.15) is 273 Å². The third-order valence-electron chi connectivity index (χ3n) is 11.8. The van der Waals surface area contributed by atoms with Crippen molar-refractivity contribution in [2.24, 2.45) is 17.8 Å². The smallest absolute Gasteiger partial charge is 0.306 e. The maximum atomic E-state index is 12.8. The summed E-state index contributed by atoms with van der Waals surface area (Å²) in [5, 5.41) is 0. The highest BCUT2D eigenvalue weighted by Crippen LogP contribution is 2.18. The van der Waals surface area contributed by atoms with Gasteiger partial charge in [0.25, 0.3) is 0 Å². The van der Waals surface area contributed by atoms with Crippen molar-refractivity contribution >= 4 is 17.9 Å². The van der Waals surface area contributed by atoms with E-state index in [0.717, 1.165) is 75.5 Å². The highest BCUT2D eigenvalue weighted by atomic mass is 16.6. The van der Waals surface area contributed by atoms with E-state index in [4.69, 9.17) is 14.2 Å². The van der Waals surface area contributed by atoms with E-state index in [9.17, 15) is 14.4 Å². The Bertz CT molecular complexity index is 885. The van der Waals surface area contributed by atoms with E-state index in [2.05, 4.69) is 41.5 Å². The first-order valence-corrected chi connectivity index (χ1v) is 25.1. The van der Waals surface area contributed by atoms with E-state index in [0.29, 0.717) is 19.3 Å². The molecule has 6 nitrogen and oxygen atoms in total. The Hall–Kier alpha value is -1.59. The van der Waals surface area contributed by atoms with Crippen LogP contribution in [0.25, 0.3) is 0 Å². The molecular formula is C51H98O6. The largest absolute Gasteiger partial charge is 0.462 e. The van der Waals surface area contributed by atoms with Crippen LogP contribution in [0.4, 0.5) is 0 Å². The molecule has 0 aromatic heterocycles. The fraction of sp³-hybridized carbons (Fsp3) is 0.941. The summed E-state index contributed by atoms with van der Waals surface area (Å²) in [7, 11) is 0. The summed E-state index contributed by atoms with van der Waals surface area (Å²) in [4.78, 5) is 37.8. The van der Waals surface area contributed by atoms with Crippen LogP contribution in [-0.2, 0) is 28.6 Å². The van der Waals surface area contributed by atoms with Crippen LogP contribution in [0.3, 0.4) is 0 Å². The lowest BCUT2D eigenvalue weighted by Crippen LogP contribution is -2.30. The molecule has 0 aliphatic rings. The first-order valence-electron chi connectivity index (χ1n) is 25.1. The lowest BCUT2D eigenvalue weighted by molar-refractivity contribution is -0.167. The minimum Gasteiger partial charge on any atom is -0.462 e. The van der Waals surface area contributed by atoms with Gasteiger partial charge < -0.3 is 14.2 Å². The monoisotopic (exact) mass is 807 g/mol. The van der Waals surface area contributed by atoms with Gasteiger partial charge in [0, 0.05) is 19.3 Å². The minimum absolute atomic E-state index is 0.0660. The molecule has 338 valence electrons. The van der Waals surface area contributed by atoms with Crippen molar-refractivity contribution < 1.29 is 28.6 Å². The van der Waals surface area contributed by atoms with Crippen LogP contribution in [0.15, 0.2) is 0 Å². The molecule has 0 N–H and O–H groups in total. The summed E-state index contributed by atoms with van der Waals surface area (Å²) in [6, 6.07) is 0. The molecule has 0 spiro atoms. The molecule has 6 heteroatoms. The van der Waals surface area contributed by atoms with Crippen molar-refractivity contribution in [2.45, 2.75) is 279 Å². The van der Waals surface area contributed by atoms with E-state index >= 15 is 0 Å². The number of hydrogen-bond acceptors (Lipinski definition) is 6. The molecule has 0 saturated carbocycles. The summed E-state index contributed by atoms with van der Waals surface area (Å²) in [6.07, 6.45) is 41.0. The number of unbranched alkanes of at least 4 members (excludes halogenated alkanes) is 26. The topological polar surface area (TPSA) is 78.9 Å². The Morgan fingerprint density at radius 3 is 0.912 bits per heavy atom. The Labute approximate surface area is 355 Å². The Morgan fingerprint density at radius 2 is 0.614 bits per heavy atom. The van der Waals surface area contributed by atoms with Gasteiger partial charge in [0.2, 0.25) is 0 Å². The van der Waals surface area contributed by atoms with Crippen LogP contribution in [0, 0.1) is 17.8 Å². The molecule has 0 amide bonds. The van der Waals surface area contributed by atoms with Gasteiger partial charge in [0.1, 0.15) is 13.2 Å². The van der Waals surface area contributed by atoms with Crippen LogP contribution >= 0.6 is 0 Å². The van der Waals surface area contributed by atoms with Crippen molar-refractivity contribution in [1.82, 2.24) is 0 Å². The molecule has 0 rings (SSSR count). The molecule has 2 atom stereocenters. The zero-order valence-electron chi connectivity index (χ0n) is 39.1. The van der Waals surface area contributed by atoms with Crippen molar-refractivity contribution in [1.29, 1.82) is 0 Å². The van der Waals surface area contributed by atoms with E-state index in [1.165, 1.54) is 154 Å². The van der Waals surface area contributed by atoms with Crippen LogP contribution in [0.2, 0.25) is 0 Å². The van der Waals surface area contributed by atoms with Gasteiger partial charge >= 0.3 is 17.9 Å². The number of esters is 3. The zero-order valence-corrected chi connectivity index (χ0v) is 39.1. The number of rotatable bonds is 44. The summed E-state index contributed by atoms with van der Waals surface area (Å²) >= 11 is 0. The van der Waals surface area contributed by atoms with Crippen molar-refractivity contribution in [3.05, 3.63) is 0 Å². The molecular weight excluding hydrogens is 709 g/mol. The summed E-state index contributed by atoms with van der Waals surface area (Å²) in [5.41, 5.74) is 0. The number of ether oxygens (including phenoxy) is 3. The SMILES string of the molecule is CCC(C)CCCCCCCCCCCCCCCCC(=O)O[C@@H](COC(=O)CCCCCCCCCCC(C)C)COC(=O)CCCCCCCCCC(C)C. The molecule has 57 heavy (non-hydrogen) atoms. The molecule has 0 bridgehead atoms. The Morgan fingerprint density at radius 1 is 0.351 bits per heavy atom. The third-order valence-corrected chi connectivity index (χ3v) is 11.8. The molecule has 0 heterocycles. The normalized spacial score (nSPS) is 12.6. The van der Waals surface area contributed by atoms with Gasteiger partial charge in [-0.25, -0.2) is 0 Å². The van der Waals surface area contributed by atoms with Gasteiger partial charge in [-0.05, 0) is 37.0 Å². The lowest BCUT2D eigenvalue weighted by atomic mass is 9.99. The van der Waals surface area contributed by atoms with Crippen LogP contribution < -0.4 is 0 Å². The van der Waals surface area contributed by atoms with Crippen molar-refractivity contribution in [3.8, 4) is 0 Å². The average Bonchev–Trinajstić information content (AvgIpc) is 3.18. The molecule has 0 saturated heterocycles. The van der Waals surface area contributed by atoms with E-state index in [1.807, 2.05) is 0 Å². The number of carbonyl (C=O) groups excluding carboxylic acids is 3. The van der Waals surface area contributed by atoms with E-state index in [-0.39, 0.29) is 31.1 Å². The fourth-order valence-corrected chi connectivity index (χ4v) is 7.55. The summed E-state index contributed by atoms with van der Waals surface area (Å²) in [6.45, 7) is 13.7. The second-order valence-electron chi connectivity index (χ2n) is 18.6. The van der Waals surface area contributed by atoms with Gasteiger partial charge in [-0.2, -0.15) is 0 Å². The summed E-state index contributed by atoms with van der Waals surface area (Å²) < 4.78 is 16.8. The first-order chi connectivity index (χ1) is 27.6. The maximum absolute atomic E-state index is 12.8. The third kappa shape index (κ3) is 43.8. The quantitative estimate of drug-likeness (QED) is 0.0347. The van der Waals surface area contributed by atoms with Crippen molar-refractivity contribution in [2.75, 3.05) is 13.2 Å². The molecule has 0 radical (unpaired) electrons. The van der Waals surface area contributed by atoms with Gasteiger partial charge in [0.15, 0.2) is 6.10 Å². The molecule has 1 unspecified atom stereocenters. The highest BCUT2D eigenvalue weighted by Gasteiger charge is 2.19. The highest BCUT2D eigenvalue weighted by molar-refractivity contribution is 5.71. The predicted molar refractivity (Wildman–Crippen MR) is 243 cm³/mol. The predicted octanol–water partition coefficient (Wildman–Crippen LogP) is 16.0. The molecule has 0 aromatic carbocycles. The second kappa shape index (κ2) is 42.5. The van der Waals surface area contributed by atoms with E-state index in [1.54, 1.807) is 0 Å². The average molecular weight is 807 g/mol. The maximum Gasteiger partial charge on any atom is 0.306 e. The van der Waals surface area contributed by atoms with Crippen LogP contribution in [0.5, 0.6) is 0 Å². The molecule has 0 aliphatic carbocycles. The zero-order chi connectivity index (χ0) is 42.0. The van der Waals surface area contributed by atoms with Gasteiger partial charge in [0.05, 0.1) is 0 Å². The van der Waals surface area contributed by atoms with Gasteiger partial charge in [-0.1, -0.05) is 234 Å². The molecule has 0 aliphatic heterocycles. The standard InChI is InChI=1S/C51H98O6/c1-7-47(6)39-33-27-21-14-12-10-8-9-11-13-15-23-30-36-42-51(54)57-48(44-56-50(53)41-35-29-24-18-20-26-32-38-46(4)5)43-55-49(52)40-34-28-22-17-16-19-25-31-37-45(2)3/h45-48H,7-44H2,1-6H3/t47?,48-/m0/s1. The minimum atomic E-state index is -0.762. The lowest BCUT2D eigenvalue weighted by Gasteiger charge is -2.18. The first kappa shape index (κ1) is 55.4. The van der Waals surface area contributed by atoms with Gasteiger partial charge in [-0.15, -0.1) is 0 Å². The van der Waals surface area contributed by atoms with Crippen molar-refractivity contribution in [3.63, 3.8) is 0 Å². The van der Waals surface area contributed by atoms with Crippen LogP contribution in [-0.4, -0.2) is 37.2 Å². The fourth-order valence-electron chi connectivity index (χ4n) is 7.55. The number of carbonyl (C=O) groups is 3. The summed E-state index contributed by atoms with van der Waals surface area (Å²) in [5.74, 6) is 1.61. The number of hydrogen-bond donors (Lipinski definition) is 0. The Kier molecular flexibility index (Phi) is 41.3.